The number of carboxylic acid groups (broad SMARTS) is 1. The van der Waals surface area contributed by atoms with E-state index in [0.29, 0.717) is 17.8 Å². The van der Waals surface area contributed by atoms with Crippen LogP contribution in [0.1, 0.15) is 53.4 Å². The fraction of sp³-hybridized carbons (Fsp3) is 0.708. The van der Waals surface area contributed by atoms with Gasteiger partial charge in [0.25, 0.3) is 0 Å². The zero-order valence-electron chi connectivity index (χ0n) is 18.8. The number of ether oxygens (including phenoxy) is 2. The second-order valence-corrected chi connectivity index (χ2v) is 9.41. The molecule has 5 nitrogen and oxygen atoms in total. The number of aliphatic carboxylic acids is 1. The minimum Gasteiger partial charge on any atom is -0.497 e. The summed E-state index contributed by atoms with van der Waals surface area (Å²) in [6, 6.07) is 0. The van der Waals surface area contributed by atoms with Gasteiger partial charge in [0, 0.05) is 25.2 Å². The van der Waals surface area contributed by atoms with Gasteiger partial charge in [-0.05, 0) is 60.2 Å². The number of carboxylic acids is 1. The van der Waals surface area contributed by atoms with Gasteiger partial charge in [0.05, 0.1) is 20.1 Å². The lowest BCUT2D eigenvalue weighted by atomic mass is 9.68. The molecule has 0 saturated carbocycles. The summed E-state index contributed by atoms with van der Waals surface area (Å²) < 4.78 is 11.2. The lowest BCUT2D eigenvalue weighted by Crippen LogP contribution is -2.46. The number of carbonyl (C=O) groups is 1. The minimum atomic E-state index is -0.683. The molecule has 1 aliphatic carbocycles. The molecule has 2 heterocycles. The number of fused-ring (bicyclic) bond motifs is 2. The summed E-state index contributed by atoms with van der Waals surface area (Å²) in [4.78, 5) is 14.3. The van der Waals surface area contributed by atoms with Crippen molar-refractivity contribution in [2.45, 2.75) is 53.4 Å². The van der Waals surface area contributed by atoms with Gasteiger partial charge in [-0.2, -0.15) is 0 Å². The minimum absolute atomic E-state index is 0.149. The summed E-state index contributed by atoms with van der Waals surface area (Å²) in [5, 5.41) is 9.63. The van der Waals surface area contributed by atoms with Crippen molar-refractivity contribution in [1.29, 1.82) is 0 Å². The largest absolute Gasteiger partial charge is 0.497 e. The smallest absolute Gasteiger partial charge is 0.306 e. The molecule has 0 aromatic heterocycles. The van der Waals surface area contributed by atoms with Crippen LogP contribution in [0, 0.1) is 29.6 Å². The first-order valence-corrected chi connectivity index (χ1v) is 11.0. The summed E-state index contributed by atoms with van der Waals surface area (Å²) >= 11 is 0. The molecule has 1 saturated heterocycles. The number of hydrogen-bond donors (Lipinski definition) is 1. The van der Waals surface area contributed by atoms with Gasteiger partial charge in [0.15, 0.2) is 5.76 Å². The molecule has 2 aliphatic heterocycles. The van der Waals surface area contributed by atoms with Crippen LogP contribution in [0.3, 0.4) is 0 Å². The Morgan fingerprint density at radius 2 is 1.97 bits per heavy atom. The van der Waals surface area contributed by atoms with Crippen LogP contribution in [0.15, 0.2) is 34.4 Å². The van der Waals surface area contributed by atoms with Gasteiger partial charge in [0.1, 0.15) is 5.76 Å². The van der Waals surface area contributed by atoms with Gasteiger partial charge >= 0.3 is 5.97 Å². The number of nitrogens with zero attached hydrogens (tertiary/aromatic N) is 1. The van der Waals surface area contributed by atoms with Crippen molar-refractivity contribution in [3.63, 3.8) is 0 Å². The van der Waals surface area contributed by atoms with E-state index in [1.807, 2.05) is 6.92 Å². The molecular weight excluding hydrogens is 366 g/mol. The number of allylic oxidation sites excluding steroid dienone is 3. The predicted octanol–water partition coefficient (Wildman–Crippen LogP) is 4.82. The number of piperidine rings is 1. The Labute approximate surface area is 175 Å². The Kier molecular flexibility index (Phi) is 6.65. The molecule has 29 heavy (non-hydrogen) atoms. The summed E-state index contributed by atoms with van der Waals surface area (Å²) in [5.41, 5.74) is 4.13. The third kappa shape index (κ3) is 4.34. The molecular formula is C24H37NO4. The molecule has 0 bridgehead atoms. The van der Waals surface area contributed by atoms with Gasteiger partial charge in [-0.3, -0.25) is 4.79 Å². The van der Waals surface area contributed by atoms with Crippen molar-refractivity contribution in [2.24, 2.45) is 29.6 Å². The number of rotatable bonds is 7. The molecule has 162 valence electrons. The Bertz CT molecular complexity index is 733. The van der Waals surface area contributed by atoms with Crippen LogP contribution in [-0.2, 0) is 14.3 Å². The SMILES string of the molecule is COC1=C(OC)CC2=C3CC([C@@H](C)[C@@H](C)C(=O)O)C(CC(C)C)CN3CCC2=C1. The van der Waals surface area contributed by atoms with Crippen molar-refractivity contribution < 1.29 is 19.4 Å². The maximum Gasteiger partial charge on any atom is 0.306 e. The summed E-state index contributed by atoms with van der Waals surface area (Å²) in [6.07, 6.45) is 6.05. The Morgan fingerprint density at radius 3 is 2.55 bits per heavy atom. The number of hydrogen-bond acceptors (Lipinski definition) is 4. The van der Waals surface area contributed by atoms with Crippen LogP contribution in [0.2, 0.25) is 0 Å². The molecule has 2 unspecified atom stereocenters. The lowest BCUT2D eigenvalue weighted by molar-refractivity contribution is -0.144. The van der Waals surface area contributed by atoms with Crippen LogP contribution in [0.25, 0.3) is 0 Å². The predicted molar refractivity (Wildman–Crippen MR) is 114 cm³/mol. The van der Waals surface area contributed by atoms with E-state index in [9.17, 15) is 9.90 Å². The monoisotopic (exact) mass is 403 g/mol. The first-order valence-electron chi connectivity index (χ1n) is 11.0. The first-order chi connectivity index (χ1) is 13.8. The molecule has 3 rings (SSSR count). The highest BCUT2D eigenvalue weighted by molar-refractivity contribution is 5.69. The zero-order valence-corrected chi connectivity index (χ0v) is 18.8. The van der Waals surface area contributed by atoms with Crippen LogP contribution in [-0.4, -0.2) is 43.3 Å². The van der Waals surface area contributed by atoms with E-state index in [1.165, 1.54) is 16.8 Å². The van der Waals surface area contributed by atoms with Crippen molar-refractivity contribution in [1.82, 2.24) is 4.90 Å². The van der Waals surface area contributed by atoms with Crippen LogP contribution in [0.5, 0.6) is 0 Å². The molecule has 0 amide bonds. The molecule has 3 aliphatic rings. The Balaban J connectivity index is 1.96. The van der Waals surface area contributed by atoms with E-state index in [1.54, 1.807) is 14.2 Å². The fourth-order valence-corrected chi connectivity index (χ4v) is 5.45. The molecule has 0 aromatic carbocycles. The first kappa shape index (κ1) is 21.8. The molecule has 0 spiro atoms. The van der Waals surface area contributed by atoms with Crippen molar-refractivity contribution in [3.05, 3.63) is 34.4 Å². The third-order valence-corrected chi connectivity index (χ3v) is 7.27. The second kappa shape index (κ2) is 8.85. The highest BCUT2D eigenvalue weighted by Gasteiger charge is 2.41. The van der Waals surface area contributed by atoms with Crippen molar-refractivity contribution in [3.8, 4) is 0 Å². The van der Waals surface area contributed by atoms with Gasteiger partial charge in [-0.15, -0.1) is 0 Å². The van der Waals surface area contributed by atoms with E-state index >= 15 is 0 Å². The average Bonchev–Trinajstić information content (AvgIpc) is 2.70. The second-order valence-electron chi connectivity index (χ2n) is 9.41. The maximum atomic E-state index is 11.7. The van der Waals surface area contributed by atoms with E-state index in [-0.39, 0.29) is 11.8 Å². The van der Waals surface area contributed by atoms with Crippen molar-refractivity contribution >= 4 is 5.97 Å². The average molecular weight is 404 g/mol. The summed E-state index contributed by atoms with van der Waals surface area (Å²) in [5.74, 6) is 2.40. The third-order valence-electron chi connectivity index (χ3n) is 7.27. The number of methoxy groups -OCH3 is 2. The van der Waals surface area contributed by atoms with Gasteiger partial charge in [0.2, 0.25) is 0 Å². The molecule has 1 fully saturated rings. The Morgan fingerprint density at radius 1 is 1.24 bits per heavy atom. The van der Waals surface area contributed by atoms with E-state index in [2.05, 4.69) is 31.7 Å². The highest BCUT2D eigenvalue weighted by Crippen LogP contribution is 2.47. The molecule has 4 atom stereocenters. The van der Waals surface area contributed by atoms with Gasteiger partial charge in [-0.1, -0.05) is 27.7 Å². The van der Waals surface area contributed by atoms with Crippen molar-refractivity contribution in [2.75, 3.05) is 27.3 Å². The zero-order chi connectivity index (χ0) is 21.3. The fourth-order valence-electron chi connectivity index (χ4n) is 5.45. The maximum absolute atomic E-state index is 11.7. The van der Waals surface area contributed by atoms with E-state index < -0.39 is 5.97 Å². The van der Waals surface area contributed by atoms with Gasteiger partial charge in [-0.25, -0.2) is 0 Å². The van der Waals surface area contributed by atoms with Crippen LogP contribution in [0.4, 0.5) is 0 Å². The van der Waals surface area contributed by atoms with Gasteiger partial charge < -0.3 is 19.5 Å². The standard InChI is InChI=1S/C24H37NO4/c1-14(2)9-18-13-25-8-7-17-10-22(28-5)23(29-6)12-20(17)21(25)11-19(18)15(3)16(4)24(26)27/h10,14-16,18-19H,7-9,11-13H2,1-6H3,(H,26,27)/t15-,16+,18?,19?/m0/s1. The lowest BCUT2D eigenvalue weighted by Gasteiger charge is -2.48. The van der Waals surface area contributed by atoms with Crippen LogP contribution >= 0.6 is 0 Å². The topological polar surface area (TPSA) is 59.0 Å². The molecule has 0 radical (unpaired) electrons. The van der Waals surface area contributed by atoms with Crippen LogP contribution < -0.4 is 0 Å². The molecule has 0 aromatic rings. The highest BCUT2D eigenvalue weighted by atomic mass is 16.5. The molecule has 1 N–H and O–H groups in total. The molecule has 5 heteroatoms. The summed E-state index contributed by atoms with van der Waals surface area (Å²) in [6.45, 7) is 10.6. The summed E-state index contributed by atoms with van der Waals surface area (Å²) in [7, 11) is 3.40. The Hall–Kier alpha value is -1.91. The van der Waals surface area contributed by atoms with E-state index in [0.717, 1.165) is 50.3 Å². The normalized spacial score (nSPS) is 26.6. The quantitative estimate of drug-likeness (QED) is 0.660. The van der Waals surface area contributed by atoms with E-state index in [4.69, 9.17) is 9.47 Å².